The van der Waals surface area contributed by atoms with Crippen molar-refractivity contribution in [1.82, 2.24) is 4.98 Å². The lowest BCUT2D eigenvalue weighted by molar-refractivity contribution is 1.41. The highest BCUT2D eigenvalue weighted by Gasteiger charge is 2.41. The van der Waals surface area contributed by atoms with Crippen LogP contribution in [0.3, 0.4) is 0 Å². The number of thiophene rings is 1. The normalized spacial score (nSPS) is 12.1. The molecule has 0 atom stereocenters. The highest BCUT2D eigenvalue weighted by Crippen LogP contribution is 2.63. The molecule has 0 aliphatic heterocycles. The standard InChI is InChI=1S/C31H14N6S/c1-3-5-16-7-9-20-22(18(12-32)13-33)30-26(24(20)28(16)36-2)27-25-21(10-8-17-6-4-11-37-29(17)25)23(31(27)38-30)19(14-34)15-35/h3-11H,2H2,1H3/b5-3-. The molecule has 0 bridgehead atoms. The van der Waals surface area contributed by atoms with E-state index in [1.54, 1.807) is 6.20 Å². The highest BCUT2D eigenvalue weighted by atomic mass is 32.1. The number of nitrogens with zero attached hydrogens (tertiary/aromatic N) is 6. The minimum absolute atomic E-state index is 0.00326. The van der Waals surface area contributed by atoms with E-state index in [-0.39, 0.29) is 11.1 Å². The molecule has 7 heteroatoms. The maximum absolute atomic E-state index is 9.89. The van der Waals surface area contributed by atoms with Gasteiger partial charge in [0.2, 0.25) is 0 Å². The summed E-state index contributed by atoms with van der Waals surface area (Å²) >= 11 is 1.38. The van der Waals surface area contributed by atoms with Gasteiger partial charge in [0.25, 0.3) is 0 Å². The molecule has 0 N–H and O–H groups in total. The Hall–Kier alpha value is -5.60. The maximum atomic E-state index is 9.89. The summed E-state index contributed by atoms with van der Waals surface area (Å²) in [5, 5.41) is 40.5. The molecular formula is C31H14N6S. The van der Waals surface area contributed by atoms with Crippen molar-refractivity contribution in [3.8, 4) is 46.5 Å². The smallest absolute Gasteiger partial charge is 0.138 e. The van der Waals surface area contributed by atoms with Gasteiger partial charge < -0.3 is 0 Å². The minimum Gasteiger partial charge on any atom is -0.263 e. The number of pyridine rings is 1. The molecular weight excluding hydrogens is 488 g/mol. The van der Waals surface area contributed by atoms with Gasteiger partial charge in [0, 0.05) is 60.3 Å². The number of benzene rings is 2. The second-order valence-electron chi connectivity index (χ2n) is 8.60. The van der Waals surface area contributed by atoms with Crippen LogP contribution in [0.1, 0.15) is 33.4 Å². The summed E-state index contributed by atoms with van der Waals surface area (Å²) < 4.78 is 0. The van der Waals surface area contributed by atoms with Crippen molar-refractivity contribution in [2.75, 3.05) is 0 Å². The number of rotatable bonds is 2. The van der Waals surface area contributed by atoms with Gasteiger partial charge in [0.05, 0.1) is 11.2 Å². The predicted molar refractivity (Wildman–Crippen MR) is 149 cm³/mol. The second-order valence-corrected chi connectivity index (χ2v) is 9.63. The number of allylic oxidation sites excluding steroid dienone is 3. The number of fused-ring (bicyclic) bond motifs is 9. The number of hydrogen-bond donors (Lipinski definition) is 0. The SMILES string of the molecule is C=Nc1c(/C=C\C)ccc2c1-c1c(sc3c1-c1c(ccc4cccnc14)C3=C(C#N)C#N)C2=C(C#N)C#N. The Morgan fingerprint density at radius 2 is 1.45 bits per heavy atom. The van der Waals surface area contributed by atoms with Crippen molar-refractivity contribution in [1.29, 1.82) is 21.0 Å². The van der Waals surface area contributed by atoms with Crippen molar-refractivity contribution in [3.05, 3.63) is 86.3 Å². The van der Waals surface area contributed by atoms with Crippen LogP contribution in [0.15, 0.2) is 64.8 Å². The molecule has 2 aromatic carbocycles. The molecule has 0 radical (unpaired) electrons. The van der Waals surface area contributed by atoms with Gasteiger partial charge in [-0.1, -0.05) is 42.5 Å². The Morgan fingerprint density at radius 1 is 0.842 bits per heavy atom. The topological polar surface area (TPSA) is 120 Å². The number of nitriles is 4. The molecule has 2 aliphatic rings. The molecule has 6 nitrogen and oxygen atoms in total. The zero-order valence-electron chi connectivity index (χ0n) is 20.0. The number of aromatic nitrogens is 1. The Balaban J connectivity index is 1.89. The van der Waals surface area contributed by atoms with Crippen LogP contribution in [0.5, 0.6) is 0 Å². The van der Waals surface area contributed by atoms with Crippen molar-refractivity contribution in [3.63, 3.8) is 0 Å². The average molecular weight is 503 g/mol. The fourth-order valence-corrected chi connectivity index (χ4v) is 6.88. The van der Waals surface area contributed by atoms with Crippen LogP contribution >= 0.6 is 11.3 Å². The molecule has 0 amide bonds. The third kappa shape index (κ3) is 2.83. The van der Waals surface area contributed by atoms with Crippen molar-refractivity contribution >= 4 is 51.9 Å². The van der Waals surface area contributed by atoms with Gasteiger partial charge in [-0.05, 0) is 30.8 Å². The van der Waals surface area contributed by atoms with Gasteiger partial charge in [-0.2, -0.15) is 21.0 Å². The first-order valence-corrected chi connectivity index (χ1v) is 12.4. The lowest BCUT2D eigenvalue weighted by atomic mass is 9.93. The quantitative estimate of drug-likeness (QED) is 0.181. The third-order valence-electron chi connectivity index (χ3n) is 6.84. The van der Waals surface area contributed by atoms with Crippen LogP contribution in [0, 0.1) is 45.3 Å². The zero-order chi connectivity index (χ0) is 26.6. The first kappa shape index (κ1) is 22.8. The lowest BCUT2D eigenvalue weighted by Gasteiger charge is -2.11. The molecule has 0 fully saturated rings. The van der Waals surface area contributed by atoms with Gasteiger partial charge in [0.1, 0.15) is 35.4 Å². The molecule has 174 valence electrons. The van der Waals surface area contributed by atoms with Crippen LogP contribution in [-0.4, -0.2) is 11.7 Å². The monoisotopic (exact) mass is 502 g/mol. The van der Waals surface area contributed by atoms with E-state index in [0.29, 0.717) is 16.8 Å². The molecule has 0 spiro atoms. The second kappa shape index (κ2) is 8.51. The van der Waals surface area contributed by atoms with E-state index in [2.05, 4.69) is 41.0 Å². The predicted octanol–water partition coefficient (Wildman–Crippen LogP) is 7.32. The van der Waals surface area contributed by atoms with E-state index in [1.807, 2.05) is 55.5 Å². The first-order chi connectivity index (χ1) is 18.6. The van der Waals surface area contributed by atoms with Crippen LogP contribution in [0.4, 0.5) is 5.69 Å². The molecule has 2 aromatic heterocycles. The molecule has 38 heavy (non-hydrogen) atoms. The van der Waals surface area contributed by atoms with Crippen molar-refractivity contribution < 1.29 is 0 Å². The minimum atomic E-state index is -0.0127. The molecule has 2 heterocycles. The van der Waals surface area contributed by atoms with E-state index in [4.69, 9.17) is 0 Å². The number of hydrogen-bond acceptors (Lipinski definition) is 7. The third-order valence-corrected chi connectivity index (χ3v) is 8.06. The van der Waals surface area contributed by atoms with E-state index in [0.717, 1.165) is 59.6 Å². The van der Waals surface area contributed by atoms with E-state index in [9.17, 15) is 21.0 Å². The Morgan fingerprint density at radius 3 is 2.05 bits per heavy atom. The summed E-state index contributed by atoms with van der Waals surface area (Å²) in [6.45, 7) is 5.76. The van der Waals surface area contributed by atoms with Gasteiger partial charge in [-0.25, -0.2) is 0 Å². The molecule has 0 saturated carbocycles. The molecule has 2 aliphatic carbocycles. The summed E-state index contributed by atoms with van der Waals surface area (Å²) in [5.41, 5.74) is 8.03. The summed E-state index contributed by atoms with van der Waals surface area (Å²) in [6.07, 6.45) is 5.57. The fourth-order valence-electron chi connectivity index (χ4n) is 5.43. The Bertz CT molecular complexity index is 2010. The lowest BCUT2D eigenvalue weighted by Crippen LogP contribution is -1.89. The van der Waals surface area contributed by atoms with Gasteiger partial charge in [-0.3, -0.25) is 9.98 Å². The van der Waals surface area contributed by atoms with Gasteiger partial charge in [-0.15, -0.1) is 11.3 Å². The highest BCUT2D eigenvalue weighted by molar-refractivity contribution is 7.16. The average Bonchev–Trinajstić information content (AvgIpc) is 3.57. The molecule has 6 rings (SSSR count). The number of aliphatic imine (C=N–C) groups is 1. The van der Waals surface area contributed by atoms with Crippen LogP contribution in [0.2, 0.25) is 0 Å². The van der Waals surface area contributed by atoms with E-state index in [1.165, 1.54) is 11.3 Å². The van der Waals surface area contributed by atoms with Crippen molar-refractivity contribution in [2.45, 2.75) is 6.92 Å². The largest absolute Gasteiger partial charge is 0.263 e. The van der Waals surface area contributed by atoms with Gasteiger partial charge in [0.15, 0.2) is 0 Å². The summed E-state index contributed by atoms with van der Waals surface area (Å²) in [7, 11) is 0. The maximum Gasteiger partial charge on any atom is 0.138 e. The van der Waals surface area contributed by atoms with Crippen LogP contribution in [0.25, 0.3) is 50.4 Å². The Labute approximate surface area is 222 Å². The summed E-state index contributed by atoms with van der Waals surface area (Å²) in [4.78, 5) is 10.6. The summed E-state index contributed by atoms with van der Waals surface area (Å²) in [6, 6.07) is 19.8. The zero-order valence-corrected chi connectivity index (χ0v) is 20.8. The molecule has 0 unspecified atom stereocenters. The van der Waals surface area contributed by atoms with E-state index < -0.39 is 0 Å². The van der Waals surface area contributed by atoms with Crippen LogP contribution < -0.4 is 0 Å². The molecule has 4 aromatic rings. The Kier molecular flexibility index (Phi) is 5.11. The van der Waals surface area contributed by atoms with Crippen LogP contribution in [-0.2, 0) is 0 Å². The summed E-state index contributed by atoms with van der Waals surface area (Å²) in [5.74, 6) is 0. The van der Waals surface area contributed by atoms with E-state index >= 15 is 0 Å². The molecule has 0 saturated heterocycles. The fraction of sp³-hybridized carbons (Fsp3) is 0.0323. The first-order valence-electron chi connectivity index (χ1n) is 11.6. The van der Waals surface area contributed by atoms with Gasteiger partial charge >= 0.3 is 0 Å². The van der Waals surface area contributed by atoms with Crippen molar-refractivity contribution in [2.24, 2.45) is 4.99 Å².